The van der Waals surface area contributed by atoms with Gasteiger partial charge in [-0.3, -0.25) is 23.6 Å². The summed E-state index contributed by atoms with van der Waals surface area (Å²) < 4.78 is 42.6. The highest BCUT2D eigenvalue weighted by Gasteiger charge is 2.45. The molecular formula is C26H27FN3O9P. The fraction of sp³-hybridized carbons (Fsp3) is 0.346. The highest BCUT2D eigenvalue weighted by Crippen LogP contribution is 2.36. The molecule has 12 nitrogen and oxygen atoms in total. The van der Waals surface area contributed by atoms with Gasteiger partial charge < -0.3 is 19.1 Å². The second kappa shape index (κ2) is 13.4. The maximum absolute atomic E-state index is 14.0. The zero-order valence-corrected chi connectivity index (χ0v) is 22.2. The number of hydrogen-bond donors (Lipinski definition) is 2. The molecule has 14 heteroatoms. The summed E-state index contributed by atoms with van der Waals surface area (Å²) in [5.74, 6) is -1.64. The minimum Gasteiger partial charge on any atom is -0.459 e. The van der Waals surface area contributed by atoms with E-state index in [2.05, 4.69) is 4.98 Å². The van der Waals surface area contributed by atoms with Crippen LogP contribution in [-0.2, 0) is 30.3 Å². The number of carbonyl (C=O) groups is 1. The van der Waals surface area contributed by atoms with E-state index < -0.39 is 63.0 Å². The molecule has 0 spiro atoms. The van der Waals surface area contributed by atoms with E-state index in [0.29, 0.717) is 0 Å². The van der Waals surface area contributed by atoms with Crippen molar-refractivity contribution in [1.29, 1.82) is 0 Å². The predicted molar refractivity (Wildman–Crippen MR) is 140 cm³/mol. The van der Waals surface area contributed by atoms with Gasteiger partial charge in [-0.05, 0) is 24.6 Å². The number of hydroxylamine groups is 1. The molecule has 0 aliphatic carbocycles. The van der Waals surface area contributed by atoms with Gasteiger partial charge in [0.1, 0.15) is 25.0 Å². The number of hydrogen-bond acceptors (Lipinski definition) is 10. The first kappa shape index (κ1) is 29.1. The number of aliphatic hydroxyl groups is 1. The maximum Gasteiger partial charge on any atom is 0.395 e. The molecule has 0 radical (unpaired) electrons. The number of benzene rings is 2. The molecule has 3 aromatic rings. The second-order valence-corrected chi connectivity index (χ2v) is 9.25. The van der Waals surface area contributed by atoms with Gasteiger partial charge in [0.2, 0.25) is 0 Å². The summed E-state index contributed by atoms with van der Waals surface area (Å²) in [5.41, 5.74) is -0.487. The minimum atomic E-state index is -1.45. The number of anilines is 1. The maximum atomic E-state index is 14.0. The van der Waals surface area contributed by atoms with Crippen molar-refractivity contribution < 1.29 is 37.7 Å². The number of esters is 1. The van der Waals surface area contributed by atoms with Crippen LogP contribution < -0.4 is 20.8 Å². The normalized spacial score (nSPS) is 21.2. The quantitative estimate of drug-likeness (QED) is 0.187. The van der Waals surface area contributed by atoms with E-state index in [1.165, 1.54) is 18.1 Å². The van der Waals surface area contributed by atoms with Crippen LogP contribution >= 0.6 is 8.69 Å². The predicted octanol–water partition coefficient (Wildman–Crippen LogP) is 2.54. The van der Waals surface area contributed by atoms with Gasteiger partial charge in [0.25, 0.3) is 5.56 Å². The van der Waals surface area contributed by atoms with E-state index in [1.807, 2.05) is 18.2 Å². The van der Waals surface area contributed by atoms with Crippen LogP contribution in [0, 0.1) is 5.92 Å². The van der Waals surface area contributed by atoms with Crippen LogP contribution in [0.4, 0.5) is 10.1 Å². The Morgan fingerprint density at radius 3 is 2.60 bits per heavy atom. The van der Waals surface area contributed by atoms with Gasteiger partial charge in [-0.2, -0.15) is 0 Å². The van der Waals surface area contributed by atoms with Crippen LogP contribution in [-0.4, -0.2) is 52.2 Å². The van der Waals surface area contributed by atoms with Crippen LogP contribution in [0.15, 0.2) is 76.4 Å². The van der Waals surface area contributed by atoms with E-state index in [-0.39, 0.29) is 24.7 Å². The van der Waals surface area contributed by atoms with Crippen molar-refractivity contribution in [1.82, 2.24) is 9.55 Å². The van der Waals surface area contributed by atoms with Crippen molar-refractivity contribution in [3.05, 3.63) is 93.3 Å². The first-order valence-electron chi connectivity index (χ1n) is 12.3. The van der Waals surface area contributed by atoms with Gasteiger partial charge in [0.05, 0.1) is 12.8 Å². The number of carbonyl (C=O) groups excluding carboxylic acids is 1. The smallest absolute Gasteiger partial charge is 0.395 e. The molecule has 1 aliphatic rings. The number of aromatic amines is 1. The van der Waals surface area contributed by atoms with E-state index in [0.717, 1.165) is 22.4 Å². The molecule has 2 aromatic carbocycles. The Morgan fingerprint density at radius 1 is 1.18 bits per heavy atom. The van der Waals surface area contributed by atoms with Gasteiger partial charge >= 0.3 is 20.3 Å². The first-order chi connectivity index (χ1) is 19.3. The third-order valence-electron chi connectivity index (χ3n) is 6.36. The van der Waals surface area contributed by atoms with Crippen molar-refractivity contribution in [2.75, 3.05) is 18.3 Å². The second-order valence-electron chi connectivity index (χ2n) is 8.92. The molecule has 1 fully saturated rings. The number of nitrogens with zero attached hydrogens (tertiary/aromatic N) is 2. The highest BCUT2D eigenvalue weighted by molar-refractivity contribution is 7.17. The number of aromatic nitrogens is 2. The third kappa shape index (κ3) is 6.62. The Hall–Kier alpha value is -3.90. The Morgan fingerprint density at radius 2 is 1.90 bits per heavy atom. The van der Waals surface area contributed by atoms with Crippen LogP contribution in [0.25, 0.3) is 0 Å². The summed E-state index contributed by atoms with van der Waals surface area (Å²) in [5, 5.41) is 11.9. The Balaban J connectivity index is 1.55. The lowest BCUT2D eigenvalue weighted by molar-refractivity contribution is -0.149. The molecule has 4 rings (SSSR count). The summed E-state index contributed by atoms with van der Waals surface area (Å²) in [6.07, 6.45) is -2.67. The lowest BCUT2D eigenvalue weighted by atomic mass is 10.00. The van der Waals surface area contributed by atoms with Gasteiger partial charge in [0.15, 0.2) is 18.0 Å². The Labute approximate surface area is 229 Å². The number of rotatable bonds is 12. The highest BCUT2D eigenvalue weighted by atomic mass is 31.1. The molecule has 40 heavy (non-hydrogen) atoms. The molecule has 0 bridgehead atoms. The number of alkyl halides is 1. The summed E-state index contributed by atoms with van der Waals surface area (Å²) >= 11 is 0. The van der Waals surface area contributed by atoms with E-state index in [1.54, 1.807) is 30.3 Å². The lowest BCUT2D eigenvalue weighted by Crippen LogP contribution is -2.43. The third-order valence-corrected chi connectivity index (χ3v) is 6.63. The molecule has 212 valence electrons. The molecule has 5 atom stereocenters. The molecule has 0 unspecified atom stereocenters. The largest absolute Gasteiger partial charge is 0.459 e. The average Bonchev–Trinajstić information content (AvgIpc) is 3.27. The van der Waals surface area contributed by atoms with Crippen molar-refractivity contribution in [3.63, 3.8) is 0 Å². The van der Waals surface area contributed by atoms with Crippen LogP contribution in [0.5, 0.6) is 5.75 Å². The topological polar surface area (TPSA) is 149 Å². The van der Waals surface area contributed by atoms with E-state index in [9.17, 15) is 28.4 Å². The van der Waals surface area contributed by atoms with Gasteiger partial charge in [-0.15, -0.1) is 0 Å². The van der Waals surface area contributed by atoms with Crippen LogP contribution in [0.3, 0.4) is 0 Å². The molecule has 2 N–H and O–H groups in total. The van der Waals surface area contributed by atoms with Crippen molar-refractivity contribution >= 4 is 20.3 Å². The Kier molecular flexibility index (Phi) is 9.78. The molecule has 1 aromatic heterocycles. The molecular weight excluding hydrogens is 548 g/mol. The Bertz CT molecular complexity index is 1420. The number of ether oxygens (including phenoxy) is 2. The van der Waals surface area contributed by atoms with E-state index >= 15 is 0 Å². The van der Waals surface area contributed by atoms with Crippen LogP contribution in [0.2, 0.25) is 0 Å². The fourth-order valence-electron chi connectivity index (χ4n) is 4.25. The standard InChI is InChI=1S/C26H27FN3O9P/c1-16(25(33)36-14-17-7-3-2-4-8-17)30(19-9-5-6-10-20(19)39-40-35)37-15-21-18(13-27)23(32)24(38-21)29-12-11-22(31)28-26(29)34/h2-12,16,18,21,23-24,32H,13-15H2,1H3,(H,28,31,34)/t16-,18-,21-,23-,24-/m1/s1. The number of para-hydroxylation sites is 2. The van der Waals surface area contributed by atoms with E-state index in [4.69, 9.17) is 18.8 Å². The zero-order valence-electron chi connectivity index (χ0n) is 21.3. The van der Waals surface area contributed by atoms with Gasteiger partial charge in [-0.25, -0.2) is 19.2 Å². The monoisotopic (exact) mass is 575 g/mol. The molecule has 0 amide bonds. The SMILES string of the molecule is C[C@H](C(=O)OCc1ccccc1)N(OC[C@H]1O[C@@H](n2ccc(=O)[nH]c2=O)[C@H](O)[C@@H]1CF)c1ccccc1OP=O. The number of aliphatic hydroxyl groups excluding tert-OH is 1. The summed E-state index contributed by atoms with van der Waals surface area (Å²) in [4.78, 5) is 44.7. The summed E-state index contributed by atoms with van der Waals surface area (Å²) in [6.45, 7) is 0.151. The molecule has 1 saturated heterocycles. The van der Waals surface area contributed by atoms with Crippen molar-refractivity contribution in [3.8, 4) is 5.75 Å². The number of nitrogens with one attached hydrogen (secondary N) is 1. The number of H-pyrrole nitrogens is 1. The fourth-order valence-corrected chi connectivity index (χ4v) is 4.48. The van der Waals surface area contributed by atoms with Crippen LogP contribution in [0.1, 0.15) is 18.7 Å². The summed E-state index contributed by atoms with van der Waals surface area (Å²) in [7, 11) is -0.646. The van der Waals surface area contributed by atoms with Gasteiger partial charge in [-0.1, -0.05) is 42.5 Å². The lowest BCUT2D eigenvalue weighted by Gasteiger charge is -2.31. The molecule has 1 aliphatic heterocycles. The number of halogens is 1. The molecule has 2 heterocycles. The van der Waals surface area contributed by atoms with Crippen molar-refractivity contribution in [2.24, 2.45) is 5.92 Å². The average molecular weight is 575 g/mol. The minimum absolute atomic E-state index is 0.00658. The molecule has 0 saturated carbocycles. The summed E-state index contributed by atoms with van der Waals surface area (Å²) in [6, 6.07) is 15.4. The van der Waals surface area contributed by atoms with Gasteiger partial charge in [0, 0.05) is 18.2 Å². The zero-order chi connectivity index (χ0) is 28.6. The first-order valence-corrected chi connectivity index (χ1v) is 13.0. The van der Waals surface area contributed by atoms with Crippen molar-refractivity contribution in [2.45, 2.75) is 38.0 Å².